The number of nitrogens with one attached hydrogen (secondary N) is 1. The van der Waals surface area contributed by atoms with E-state index in [1.54, 1.807) is 25.1 Å². The number of ether oxygens (including phenoxy) is 2. The van der Waals surface area contributed by atoms with Gasteiger partial charge in [-0.1, -0.05) is 29.8 Å². The minimum atomic E-state index is -0.804. The summed E-state index contributed by atoms with van der Waals surface area (Å²) in [5.74, 6) is 0.639. The Morgan fingerprint density at radius 3 is 2.61 bits per heavy atom. The molecule has 1 amide bonds. The summed E-state index contributed by atoms with van der Waals surface area (Å²) >= 11 is 6.06. The number of amides is 1. The molecule has 0 saturated carbocycles. The molecule has 1 aromatic heterocycles. The fourth-order valence-electron chi connectivity index (χ4n) is 2.88. The number of hydrogen-bond acceptors (Lipinski definition) is 5. The topological polar surface area (TPSA) is 82.5 Å². The number of halogens is 1. The van der Waals surface area contributed by atoms with Crippen LogP contribution in [0.25, 0.3) is 5.69 Å². The van der Waals surface area contributed by atoms with Crippen molar-refractivity contribution in [1.29, 1.82) is 0 Å². The van der Waals surface area contributed by atoms with Gasteiger partial charge in [-0.25, -0.2) is 0 Å². The van der Waals surface area contributed by atoms with E-state index in [-0.39, 0.29) is 17.3 Å². The summed E-state index contributed by atoms with van der Waals surface area (Å²) < 4.78 is 12.3. The first-order valence-corrected chi connectivity index (χ1v) is 10.3. The molecule has 7 nitrogen and oxygen atoms in total. The molecule has 0 aliphatic carbocycles. The van der Waals surface area contributed by atoms with Crippen molar-refractivity contribution < 1.29 is 14.3 Å². The van der Waals surface area contributed by atoms with E-state index in [0.717, 1.165) is 16.9 Å². The molecule has 0 fully saturated rings. The first kappa shape index (κ1) is 22.4. The van der Waals surface area contributed by atoms with Crippen molar-refractivity contribution in [2.45, 2.75) is 33.4 Å². The van der Waals surface area contributed by atoms with Crippen molar-refractivity contribution in [2.75, 3.05) is 6.61 Å². The lowest BCUT2D eigenvalue weighted by Crippen LogP contribution is -2.36. The molecule has 31 heavy (non-hydrogen) atoms. The van der Waals surface area contributed by atoms with Crippen molar-refractivity contribution in [3.05, 3.63) is 81.1 Å². The molecule has 1 N–H and O–H groups in total. The zero-order valence-electron chi connectivity index (χ0n) is 17.6. The van der Waals surface area contributed by atoms with Gasteiger partial charge >= 0.3 is 0 Å². The maximum absolute atomic E-state index is 12.4. The summed E-state index contributed by atoms with van der Waals surface area (Å²) in [6, 6.07) is 15.5. The van der Waals surface area contributed by atoms with E-state index in [4.69, 9.17) is 21.1 Å². The van der Waals surface area contributed by atoms with Crippen LogP contribution in [-0.4, -0.2) is 28.4 Å². The van der Waals surface area contributed by atoms with E-state index in [9.17, 15) is 9.59 Å². The van der Waals surface area contributed by atoms with Crippen molar-refractivity contribution in [3.8, 4) is 17.3 Å². The Labute approximate surface area is 185 Å². The van der Waals surface area contributed by atoms with Crippen LogP contribution >= 0.6 is 11.6 Å². The number of carbonyl (C=O) groups is 1. The molecular formula is C23H24ClN3O4. The van der Waals surface area contributed by atoms with Crippen LogP contribution in [0.5, 0.6) is 11.6 Å². The van der Waals surface area contributed by atoms with E-state index in [1.165, 1.54) is 16.8 Å². The smallest absolute Gasteiger partial charge is 0.271 e. The van der Waals surface area contributed by atoms with Gasteiger partial charge < -0.3 is 14.8 Å². The fourth-order valence-corrected chi connectivity index (χ4v) is 3.04. The summed E-state index contributed by atoms with van der Waals surface area (Å²) in [4.78, 5) is 24.7. The summed E-state index contributed by atoms with van der Waals surface area (Å²) in [7, 11) is 0. The molecular weight excluding hydrogens is 418 g/mol. The SMILES string of the molecule is CCOc1ccc(CNC(=O)C(C)Oc2ccc(=O)n(-c3cc(Cl)ccc3C)n2)cc1. The van der Waals surface area contributed by atoms with E-state index in [1.807, 2.05) is 38.1 Å². The quantitative estimate of drug-likeness (QED) is 0.576. The molecule has 0 aliphatic heterocycles. The molecule has 162 valence electrons. The molecule has 0 aliphatic rings. The van der Waals surface area contributed by atoms with Gasteiger partial charge in [0.2, 0.25) is 5.88 Å². The molecule has 3 aromatic rings. The average Bonchev–Trinajstić information content (AvgIpc) is 2.76. The van der Waals surface area contributed by atoms with Crippen LogP contribution < -0.4 is 20.3 Å². The van der Waals surface area contributed by atoms with Crippen LogP contribution in [0.15, 0.2) is 59.4 Å². The maximum Gasteiger partial charge on any atom is 0.271 e. The van der Waals surface area contributed by atoms with Gasteiger partial charge in [0, 0.05) is 23.7 Å². The van der Waals surface area contributed by atoms with Crippen LogP contribution in [0.1, 0.15) is 25.0 Å². The van der Waals surface area contributed by atoms with Crippen LogP contribution in [0.2, 0.25) is 5.02 Å². The highest BCUT2D eigenvalue weighted by atomic mass is 35.5. The molecule has 0 radical (unpaired) electrons. The zero-order valence-corrected chi connectivity index (χ0v) is 18.3. The van der Waals surface area contributed by atoms with Gasteiger partial charge in [-0.05, 0) is 56.2 Å². The van der Waals surface area contributed by atoms with E-state index in [0.29, 0.717) is 23.9 Å². The molecule has 0 spiro atoms. The van der Waals surface area contributed by atoms with Crippen molar-refractivity contribution in [2.24, 2.45) is 0 Å². The average molecular weight is 442 g/mol. The lowest BCUT2D eigenvalue weighted by molar-refractivity contribution is -0.127. The Balaban J connectivity index is 1.65. The Bertz CT molecular complexity index is 1110. The molecule has 3 rings (SSSR count). The highest BCUT2D eigenvalue weighted by Gasteiger charge is 2.16. The second-order valence-electron chi connectivity index (χ2n) is 6.91. The number of aromatic nitrogens is 2. The second-order valence-corrected chi connectivity index (χ2v) is 7.34. The highest BCUT2D eigenvalue weighted by molar-refractivity contribution is 6.30. The Kier molecular flexibility index (Phi) is 7.31. The first-order valence-electron chi connectivity index (χ1n) is 9.90. The van der Waals surface area contributed by atoms with Crippen LogP contribution in [-0.2, 0) is 11.3 Å². The minimum absolute atomic E-state index is 0.155. The second kappa shape index (κ2) is 10.1. The third-order valence-electron chi connectivity index (χ3n) is 4.54. The van der Waals surface area contributed by atoms with E-state index in [2.05, 4.69) is 10.4 Å². The normalized spacial score (nSPS) is 11.6. The number of benzene rings is 2. The number of hydrogen-bond donors (Lipinski definition) is 1. The summed E-state index contributed by atoms with van der Waals surface area (Å²) in [5.41, 5.74) is 1.99. The Morgan fingerprint density at radius 2 is 1.90 bits per heavy atom. The minimum Gasteiger partial charge on any atom is -0.494 e. The third-order valence-corrected chi connectivity index (χ3v) is 4.78. The molecule has 1 atom stereocenters. The first-order chi connectivity index (χ1) is 14.9. The number of aryl methyl sites for hydroxylation is 1. The van der Waals surface area contributed by atoms with Gasteiger partial charge in [0.1, 0.15) is 5.75 Å². The highest BCUT2D eigenvalue weighted by Crippen LogP contribution is 2.18. The number of nitrogens with zero attached hydrogens (tertiary/aromatic N) is 2. The van der Waals surface area contributed by atoms with Gasteiger partial charge in [-0.2, -0.15) is 4.68 Å². The van der Waals surface area contributed by atoms with Crippen molar-refractivity contribution in [3.63, 3.8) is 0 Å². The molecule has 2 aromatic carbocycles. The van der Waals surface area contributed by atoms with Gasteiger partial charge in [0.05, 0.1) is 12.3 Å². The summed E-state index contributed by atoms with van der Waals surface area (Å²) in [6.45, 7) is 6.35. The lowest BCUT2D eigenvalue weighted by Gasteiger charge is -2.15. The monoisotopic (exact) mass is 441 g/mol. The molecule has 1 unspecified atom stereocenters. The zero-order chi connectivity index (χ0) is 22.4. The maximum atomic E-state index is 12.4. The fraction of sp³-hybridized carbons (Fsp3) is 0.261. The van der Waals surface area contributed by atoms with Crippen LogP contribution in [0.3, 0.4) is 0 Å². The number of carbonyl (C=O) groups excluding carboxylic acids is 1. The predicted octanol–water partition coefficient (Wildman–Crippen LogP) is 3.68. The molecule has 8 heteroatoms. The van der Waals surface area contributed by atoms with Gasteiger partial charge in [0.25, 0.3) is 11.5 Å². The third kappa shape index (κ3) is 5.86. The molecule has 0 bridgehead atoms. The summed E-state index contributed by atoms with van der Waals surface area (Å²) in [5, 5.41) is 7.56. The lowest BCUT2D eigenvalue weighted by atomic mass is 10.2. The molecule has 1 heterocycles. The van der Waals surface area contributed by atoms with E-state index >= 15 is 0 Å². The Hall–Kier alpha value is -3.32. The number of rotatable bonds is 8. The van der Waals surface area contributed by atoms with Crippen LogP contribution in [0.4, 0.5) is 0 Å². The Morgan fingerprint density at radius 1 is 1.16 bits per heavy atom. The molecule has 0 saturated heterocycles. The van der Waals surface area contributed by atoms with Crippen LogP contribution in [0, 0.1) is 6.92 Å². The largest absolute Gasteiger partial charge is 0.494 e. The van der Waals surface area contributed by atoms with Crippen molar-refractivity contribution in [1.82, 2.24) is 15.1 Å². The van der Waals surface area contributed by atoms with E-state index < -0.39 is 6.10 Å². The standard InChI is InChI=1S/C23H24ClN3O4/c1-4-30-19-9-6-17(7-10-19)14-25-23(29)16(3)31-21-11-12-22(28)27(26-21)20-13-18(24)8-5-15(20)2/h5-13,16H,4,14H2,1-3H3,(H,25,29). The predicted molar refractivity (Wildman–Crippen MR) is 119 cm³/mol. The van der Waals surface area contributed by atoms with Gasteiger partial charge in [-0.15, -0.1) is 5.10 Å². The van der Waals surface area contributed by atoms with Gasteiger partial charge in [-0.3, -0.25) is 9.59 Å². The van der Waals surface area contributed by atoms with Gasteiger partial charge in [0.15, 0.2) is 6.10 Å². The van der Waals surface area contributed by atoms with Crippen molar-refractivity contribution >= 4 is 17.5 Å². The summed E-state index contributed by atoms with van der Waals surface area (Å²) in [6.07, 6.45) is -0.804.